The normalized spacial score (nSPS) is 16.7. The van der Waals surface area contributed by atoms with Crippen molar-refractivity contribution >= 4 is 21.9 Å². The van der Waals surface area contributed by atoms with Gasteiger partial charge in [-0.2, -0.15) is 8.42 Å². The first kappa shape index (κ1) is 15.6. The van der Waals surface area contributed by atoms with Crippen molar-refractivity contribution in [2.75, 3.05) is 0 Å². The number of fused-ring (bicyclic) bond motifs is 1. The fourth-order valence-corrected chi connectivity index (χ4v) is 3.18. The van der Waals surface area contributed by atoms with E-state index in [4.69, 9.17) is 4.55 Å². The predicted molar refractivity (Wildman–Crippen MR) is 91.2 cm³/mol. The Morgan fingerprint density at radius 1 is 1.00 bits per heavy atom. The molecule has 0 unspecified atom stereocenters. The van der Waals surface area contributed by atoms with E-state index in [1.54, 1.807) is 18.3 Å². The Bertz CT molecular complexity index is 865. The van der Waals surface area contributed by atoms with Gasteiger partial charge in [0.25, 0.3) is 10.1 Å². The highest BCUT2D eigenvalue weighted by Gasteiger charge is 2.13. The molecule has 23 heavy (non-hydrogen) atoms. The summed E-state index contributed by atoms with van der Waals surface area (Å²) in [5.74, 6) is 0. The lowest BCUT2D eigenvalue weighted by molar-refractivity contribution is 0.483. The molecule has 3 rings (SSSR count). The summed E-state index contributed by atoms with van der Waals surface area (Å²) < 4.78 is 30.9. The van der Waals surface area contributed by atoms with Crippen LogP contribution in [0.1, 0.15) is 29.5 Å². The summed E-state index contributed by atoms with van der Waals surface area (Å²) in [6, 6.07) is 14.3. The van der Waals surface area contributed by atoms with Gasteiger partial charge < -0.3 is 0 Å². The van der Waals surface area contributed by atoms with E-state index in [2.05, 4.69) is 17.1 Å². The first-order valence-corrected chi connectivity index (χ1v) is 8.87. The lowest BCUT2D eigenvalue weighted by atomic mass is 9.90. The lowest BCUT2D eigenvalue weighted by Gasteiger charge is -2.16. The van der Waals surface area contributed by atoms with Gasteiger partial charge in [0, 0.05) is 11.9 Å². The van der Waals surface area contributed by atoms with Gasteiger partial charge in [0.15, 0.2) is 0 Å². The first-order valence-electron chi connectivity index (χ1n) is 7.43. The van der Waals surface area contributed by atoms with Crippen LogP contribution in [0.3, 0.4) is 0 Å². The summed E-state index contributed by atoms with van der Waals surface area (Å²) in [5.41, 5.74) is 4.46. The molecule has 4 nitrogen and oxygen atoms in total. The topological polar surface area (TPSA) is 66.7 Å². The van der Waals surface area contributed by atoms with E-state index in [9.17, 15) is 8.42 Å². The lowest BCUT2D eigenvalue weighted by Crippen LogP contribution is -2.11. The van der Waals surface area contributed by atoms with E-state index in [1.165, 1.54) is 23.3 Å². The number of rotatable bonds is 3. The minimum Gasteiger partial charge on any atom is -0.282 e. The van der Waals surface area contributed by atoms with Gasteiger partial charge in [-0.25, -0.2) is 0 Å². The van der Waals surface area contributed by atoms with Gasteiger partial charge in [-0.3, -0.25) is 9.55 Å². The molecule has 0 aliphatic heterocycles. The van der Waals surface area contributed by atoms with E-state index < -0.39 is 10.1 Å². The molecule has 0 bridgehead atoms. The summed E-state index contributed by atoms with van der Waals surface area (Å²) in [5, 5.41) is 0. The molecule has 0 saturated carbocycles. The second-order valence-corrected chi connectivity index (χ2v) is 6.87. The van der Waals surface area contributed by atoms with Gasteiger partial charge in [0.1, 0.15) is 0 Å². The Labute approximate surface area is 136 Å². The fourth-order valence-electron chi connectivity index (χ4n) is 2.70. The quantitative estimate of drug-likeness (QED) is 0.874. The van der Waals surface area contributed by atoms with Crippen molar-refractivity contribution in [3.8, 4) is 0 Å². The molecule has 0 saturated heterocycles. The third kappa shape index (κ3) is 3.75. The second-order valence-electron chi connectivity index (χ2n) is 5.45. The Balaban J connectivity index is 1.79. The zero-order chi connectivity index (χ0) is 16.3. The fraction of sp³-hybridized carbons (Fsp3) is 0.167. The van der Waals surface area contributed by atoms with Crippen LogP contribution in [0.25, 0.3) is 6.08 Å². The van der Waals surface area contributed by atoms with E-state index in [-0.39, 0.29) is 4.90 Å². The monoisotopic (exact) mass is 327 g/mol. The highest BCUT2D eigenvalue weighted by atomic mass is 32.2. The minimum absolute atomic E-state index is 0.109. The van der Waals surface area contributed by atoms with Gasteiger partial charge >= 0.3 is 0 Å². The zero-order valence-electron chi connectivity index (χ0n) is 12.5. The second kappa shape index (κ2) is 6.48. The number of nitrogens with zero attached hydrogens (tertiary/aromatic N) is 1. The third-order valence-electron chi connectivity index (χ3n) is 3.86. The molecule has 0 fully saturated rings. The van der Waals surface area contributed by atoms with E-state index in [0.29, 0.717) is 0 Å². The van der Waals surface area contributed by atoms with Crippen LogP contribution < -0.4 is 0 Å². The van der Waals surface area contributed by atoms with Crippen LogP contribution in [0.5, 0.6) is 0 Å². The Hall–Kier alpha value is -2.24. The van der Waals surface area contributed by atoms with Crippen molar-refractivity contribution in [1.82, 2.24) is 0 Å². The number of hydrogen-bond acceptors (Lipinski definition) is 3. The maximum Gasteiger partial charge on any atom is 0.294 e. The molecule has 1 N–H and O–H groups in total. The molecule has 0 heterocycles. The van der Waals surface area contributed by atoms with Crippen molar-refractivity contribution in [1.29, 1.82) is 0 Å². The molecule has 0 radical (unpaired) electrons. The van der Waals surface area contributed by atoms with Crippen molar-refractivity contribution in [2.45, 2.75) is 24.2 Å². The van der Waals surface area contributed by atoms with Crippen molar-refractivity contribution in [3.05, 3.63) is 71.4 Å². The van der Waals surface area contributed by atoms with Gasteiger partial charge in [0.2, 0.25) is 0 Å². The molecule has 0 atom stereocenters. The third-order valence-corrected chi connectivity index (χ3v) is 4.73. The summed E-state index contributed by atoms with van der Waals surface area (Å²) in [4.78, 5) is 4.45. The van der Waals surface area contributed by atoms with Crippen LogP contribution in [0.2, 0.25) is 0 Å². The average Bonchev–Trinajstić information content (AvgIpc) is 2.55. The predicted octanol–water partition coefficient (Wildman–Crippen LogP) is 3.73. The summed E-state index contributed by atoms with van der Waals surface area (Å²) in [6.07, 6.45) is 6.71. The van der Waals surface area contributed by atoms with Crippen LogP contribution in [-0.2, 0) is 16.5 Å². The Kier molecular flexibility index (Phi) is 4.41. The highest BCUT2D eigenvalue weighted by molar-refractivity contribution is 7.85. The standard InChI is InChI=1S/C18H17NO3S/c20-23(21,22)16-10-8-14(9-11-16)12-13-19-18-7-3-5-15-4-1-2-6-17(15)18/h1-2,4,6,8-13H,3,5,7H2,(H,20,21,22). The van der Waals surface area contributed by atoms with Crippen LogP contribution in [0, 0.1) is 0 Å². The molecule has 118 valence electrons. The number of benzene rings is 2. The van der Waals surface area contributed by atoms with Gasteiger partial charge in [-0.1, -0.05) is 36.4 Å². The molecule has 0 aromatic heterocycles. The molecule has 0 spiro atoms. The van der Waals surface area contributed by atoms with Gasteiger partial charge in [0.05, 0.1) is 4.90 Å². The molecule has 2 aromatic rings. The van der Waals surface area contributed by atoms with Crippen LogP contribution in [-0.4, -0.2) is 18.7 Å². The largest absolute Gasteiger partial charge is 0.294 e. The van der Waals surface area contributed by atoms with E-state index in [1.807, 2.05) is 18.2 Å². The Morgan fingerprint density at radius 3 is 2.48 bits per heavy atom. The molecule has 1 aliphatic carbocycles. The van der Waals surface area contributed by atoms with Crippen molar-refractivity contribution in [3.63, 3.8) is 0 Å². The molecule has 5 heteroatoms. The molecule has 2 aromatic carbocycles. The highest BCUT2D eigenvalue weighted by Crippen LogP contribution is 2.21. The average molecular weight is 327 g/mol. The van der Waals surface area contributed by atoms with Gasteiger partial charge in [-0.05, 0) is 54.2 Å². The van der Waals surface area contributed by atoms with Gasteiger partial charge in [-0.15, -0.1) is 0 Å². The van der Waals surface area contributed by atoms with Crippen LogP contribution >= 0.6 is 0 Å². The molecule has 1 aliphatic rings. The van der Waals surface area contributed by atoms with Crippen LogP contribution in [0.15, 0.2) is 64.6 Å². The summed E-state index contributed by atoms with van der Waals surface area (Å²) in [7, 11) is -4.14. The smallest absolute Gasteiger partial charge is 0.282 e. The van der Waals surface area contributed by atoms with Crippen molar-refractivity contribution in [2.24, 2.45) is 4.99 Å². The maximum absolute atomic E-state index is 11.0. The molecular formula is C18H17NO3S. The summed E-state index contributed by atoms with van der Waals surface area (Å²) in [6.45, 7) is 0. The molecule has 0 amide bonds. The SMILES string of the molecule is O=S(=O)(O)c1ccc(C=CN=C2CCCc3ccccc32)cc1. The number of aryl methyl sites for hydroxylation is 1. The summed E-state index contributed by atoms with van der Waals surface area (Å²) >= 11 is 0. The van der Waals surface area contributed by atoms with E-state index in [0.717, 1.165) is 30.5 Å². The van der Waals surface area contributed by atoms with Crippen LogP contribution in [0.4, 0.5) is 0 Å². The Morgan fingerprint density at radius 2 is 1.74 bits per heavy atom. The van der Waals surface area contributed by atoms with Crippen molar-refractivity contribution < 1.29 is 13.0 Å². The first-order chi connectivity index (χ1) is 11.0. The molecular weight excluding hydrogens is 310 g/mol. The number of hydrogen-bond donors (Lipinski definition) is 1. The van der Waals surface area contributed by atoms with E-state index >= 15 is 0 Å². The maximum atomic E-state index is 11.0. The number of aliphatic imine (C=N–C) groups is 1. The minimum atomic E-state index is -4.14. The zero-order valence-corrected chi connectivity index (χ0v) is 13.3.